The molecule has 0 bridgehead atoms. The number of anilines is 2. The first-order chi connectivity index (χ1) is 9.28. The van der Waals surface area contributed by atoms with Gasteiger partial charge in [0.25, 0.3) is 0 Å². The van der Waals surface area contributed by atoms with Gasteiger partial charge in [0, 0.05) is 18.8 Å². The fraction of sp³-hybridized carbons (Fsp3) is 0.667. The molecule has 0 fully saturated rings. The lowest BCUT2D eigenvalue weighted by molar-refractivity contribution is 0.125. The topological polar surface area (TPSA) is 51.4 Å². The quantitative estimate of drug-likeness (QED) is 0.872. The van der Waals surface area contributed by atoms with Crippen molar-refractivity contribution in [3.63, 3.8) is 0 Å². The van der Waals surface area contributed by atoms with E-state index in [2.05, 4.69) is 30.1 Å². The molecule has 5 heteroatoms. The molecule has 0 spiro atoms. The maximum absolute atomic E-state index is 5.95. The van der Waals surface area contributed by atoms with E-state index in [1.807, 2.05) is 44.7 Å². The summed E-state index contributed by atoms with van der Waals surface area (Å²) in [6.07, 6.45) is 3.21. The van der Waals surface area contributed by atoms with Crippen LogP contribution in [0.25, 0.3) is 0 Å². The molecular weight excluding hydrogens is 270 g/mol. The summed E-state index contributed by atoms with van der Waals surface area (Å²) < 4.78 is 5.83. The second-order valence-electron chi connectivity index (χ2n) is 5.91. The average Bonchev–Trinajstić information content (AvgIpc) is 2.36. The van der Waals surface area contributed by atoms with Gasteiger partial charge in [0.05, 0.1) is 5.69 Å². The average molecular weight is 297 g/mol. The third kappa shape index (κ3) is 4.78. The highest BCUT2D eigenvalue weighted by Crippen LogP contribution is 2.27. The lowest BCUT2D eigenvalue weighted by atomic mass is 10.2. The highest BCUT2D eigenvalue weighted by atomic mass is 32.2. The second kappa shape index (κ2) is 7.07. The fourth-order valence-corrected chi connectivity index (χ4v) is 2.74. The molecule has 1 rings (SSSR count). The summed E-state index contributed by atoms with van der Waals surface area (Å²) in [6.45, 7) is 8.18. The minimum absolute atomic E-state index is 0.304. The Labute approximate surface area is 127 Å². The minimum Gasteiger partial charge on any atom is -0.470 e. The Balaban J connectivity index is 2.99. The fourth-order valence-electron chi connectivity index (χ4n) is 1.89. The molecule has 0 radical (unpaired) electrons. The van der Waals surface area contributed by atoms with E-state index in [4.69, 9.17) is 10.5 Å². The van der Waals surface area contributed by atoms with Crippen molar-refractivity contribution >= 4 is 23.3 Å². The van der Waals surface area contributed by atoms with Crippen molar-refractivity contribution in [1.29, 1.82) is 0 Å². The molecule has 0 amide bonds. The van der Waals surface area contributed by atoms with Crippen LogP contribution in [-0.4, -0.2) is 35.7 Å². The van der Waals surface area contributed by atoms with E-state index in [0.717, 1.165) is 18.0 Å². The summed E-state index contributed by atoms with van der Waals surface area (Å²) in [5.74, 6) is 2.49. The van der Waals surface area contributed by atoms with Gasteiger partial charge in [-0.1, -0.05) is 6.92 Å². The van der Waals surface area contributed by atoms with E-state index in [1.165, 1.54) is 0 Å². The molecule has 0 aliphatic heterocycles. The van der Waals surface area contributed by atoms with Gasteiger partial charge < -0.3 is 15.4 Å². The third-order valence-electron chi connectivity index (χ3n) is 3.02. The summed E-state index contributed by atoms with van der Waals surface area (Å²) in [5, 5.41) is 0. The molecule has 20 heavy (non-hydrogen) atoms. The van der Waals surface area contributed by atoms with Crippen LogP contribution < -0.4 is 15.4 Å². The number of nitrogen functional groups attached to an aromatic ring is 1. The van der Waals surface area contributed by atoms with Crippen molar-refractivity contribution in [2.75, 3.05) is 29.7 Å². The molecular formula is C15H27N3OS. The van der Waals surface area contributed by atoms with Crippen LogP contribution in [0.15, 0.2) is 12.1 Å². The lowest BCUT2D eigenvalue weighted by Crippen LogP contribution is -2.34. The van der Waals surface area contributed by atoms with Gasteiger partial charge >= 0.3 is 0 Å². The molecule has 0 aliphatic carbocycles. The summed E-state index contributed by atoms with van der Waals surface area (Å²) >= 11 is 1.85. The maximum Gasteiger partial charge on any atom is 0.239 e. The van der Waals surface area contributed by atoms with E-state index in [-0.39, 0.29) is 5.60 Å². The predicted octanol–water partition coefficient (Wildman–Crippen LogP) is 3.42. The zero-order chi connectivity index (χ0) is 15.3. The monoisotopic (exact) mass is 297 g/mol. The molecule has 0 saturated carbocycles. The van der Waals surface area contributed by atoms with Crippen LogP contribution in [0.5, 0.6) is 5.88 Å². The van der Waals surface area contributed by atoms with Crippen LogP contribution in [0.1, 0.15) is 34.1 Å². The molecule has 4 nitrogen and oxygen atoms in total. The zero-order valence-electron chi connectivity index (χ0n) is 13.4. The number of aromatic nitrogens is 1. The first-order valence-corrected chi connectivity index (χ1v) is 8.35. The van der Waals surface area contributed by atoms with E-state index in [9.17, 15) is 0 Å². The first kappa shape index (κ1) is 17.0. The largest absolute Gasteiger partial charge is 0.470 e. The summed E-state index contributed by atoms with van der Waals surface area (Å²) in [5.41, 5.74) is 6.23. The van der Waals surface area contributed by atoms with E-state index < -0.39 is 0 Å². The minimum atomic E-state index is -0.304. The third-order valence-corrected chi connectivity index (χ3v) is 3.74. The van der Waals surface area contributed by atoms with Gasteiger partial charge in [-0.3, -0.25) is 0 Å². The second-order valence-corrected chi connectivity index (χ2v) is 6.82. The molecule has 0 saturated heterocycles. The van der Waals surface area contributed by atoms with Gasteiger partial charge in [-0.15, -0.1) is 0 Å². The number of ether oxygens (including phenoxy) is 1. The van der Waals surface area contributed by atoms with Crippen LogP contribution in [0.3, 0.4) is 0 Å². The van der Waals surface area contributed by atoms with Gasteiger partial charge in [-0.25, -0.2) is 0 Å². The summed E-state index contributed by atoms with van der Waals surface area (Å²) in [7, 11) is 2.07. The number of nitrogens with two attached hydrogens (primary N) is 1. The smallest absolute Gasteiger partial charge is 0.239 e. The van der Waals surface area contributed by atoms with Gasteiger partial charge in [0.15, 0.2) is 0 Å². The van der Waals surface area contributed by atoms with E-state index >= 15 is 0 Å². The Kier molecular flexibility index (Phi) is 5.99. The van der Waals surface area contributed by atoms with Gasteiger partial charge in [0.1, 0.15) is 11.4 Å². The molecule has 1 aromatic rings. The van der Waals surface area contributed by atoms with Crippen molar-refractivity contribution in [3.8, 4) is 5.88 Å². The normalized spacial score (nSPS) is 13.1. The molecule has 0 aromatic carbocycles. The zero-order valence-corrected chi connectivity index (χ0v) is 14.3. The highest BCUT2D eigenvalue weighted by Gasteiger charge is 2.18. The van der Waals surface area contributed by atoms with Gasteiger partial charge in [0.2, 0.25) is 5.88 Å². The Bertz CT molecular complexity index is 432. The SMILES string of the molecule is CCC(CSC)N(C)c1ccc(N)c(OC(C)(C)C)n1. The molecule has 1 aromatic heterocycles. The van der Waals surface area contributed by atoms with Crippen LogP contribution in [0.4, 0.5) is 11.5 Å². The Morgan fingerprint density at radius 1 is 1.40 bits per heavy atom. The summed E-state index contributed by atoms with van der Waals surface area (Å²) in [6, 6.07) is 4.28. The van der Waals surface area contributed by atoms with Crippen LogP contribution in [-0.2, 0) is 0 Å². The summed E-state index contributed by atoms with van der Waals surface area (Å²) in [4.78, 5) is 6.78. The Morgan fingerprint density at radius 3 is 2.55 bits per heavy atom. The van der Waals surface area contributed by atoms with Crippen molar-refractivity contribution < 1.29 is 4.74 Å². The van der Waals surface area contributed by atoms with Gasteiger partial charge in [-0.2, -0.15) is 16.7 Å². The number of rotatable bonds is 6. The van der Waals surface area contributed by atoms with Crippen molar-refractivity contribution in [2.45, 2.75) is 45.8 Å². The lowest BCUT2D eigenvalue weighted by Gasteiger charge is -2.29. The van der Waals surface area contributed by atoms with E-state index in [1.54, 1.807) is 0 Å². The van der Waals surface area contributed by atoms with Crippen molar-refractivity contribution in [1.82, 2.24) is 4.98 Å². The molecule has 1 unspecified atom stereocenters. The first-order valence-electron chi connectivity index (χ1n) is 6.95. The Hall–Kier alpha value is -1.10. The molecule has 1 atom stereocenters. The van der Waals surface area contributed by atoms with Crippen molar-refractivity contribution in [3.05, 3.63) is 12.1 Å². The molecule has 2 N–H and O–H groups in total. The number of pyridine rings is 1. The van der Waals surface area contributed by atoms with Crippen molar-refractivity contribution in [2.24, 2.45) is 0 Å². The van der Waals surface area contributed by atoms with Gasteiger partial charge in [-0.05, 0) is 45.6 Å². The molecule has 1 heterocycles. The maximum atomic E-state index is 5.95. The molecule has 114 valence electrons. The number of hydrogen-bond donors (Lipinski definition) is 1. The number of hydrogen-bond acceptors (Lipinski definition) is 5. The Morgan fingerprint density at radius 2 is 2.05 bits per heavy atom. The number of thioether (sulfide) groups is 1. The van der Waals surface area contributed by atoms with Crippen LogP contribution >= 0.6 is 11.8 Å². The number of nitrogens with zero attached hydrogens (tertiary/aromatic N) is 2. The highest BCUT2D eigenvalue weighted by molar-refractivity contribution is 7.98. The van der Waals surface area contributed by atoms with Crippen LogP contribution in [0, 0.1) is 0 Å². The predicted molar refractivity (Wildman–Crippen MR) is 89.9 cm³/mol. The van der Waals surface area contributed by atoms with E-state index in [0.29, 0.717) is 17.6 Å². The van der Waals surface area contributed by atoms with Crippen LogP contribution in [0.2, 0.25) is 0 Å². The molecule has 0 aliphatic rings. The standard InChI is InChI=1S/C15H27N3OS/c1-7-11(10-20-6)18(5)13-9-8-12(16)14(17-13)19-15(2,3)4/h8-9,11H,7,10,16H2,1-6H3.